The molecule has 0 heterocycles. The third-order valence-electron chi connectivity index (χ3n) is 2.10. The molecule has 0 saturated carbocycles. The number of carbonyl (C=O) groups excluding carboxylic acids is 1. The lowest BCUT2D eigenvalue weighted by molar-refractivity contribution is -0.143. The van der Waals surface area contributed by atoms with Gasteiger partial charge in [-0.2, -0.15) is 0 Å². The van der Waals surface area contributed by atoms with Crippen LogP contribution in [0.5, 0.6) is 0 Å². The van der Waals surface area contributed by atoms with Crippen molar-refractivity contribution in [1.82, 2.24) is 0 Å². The number of hydrogen-bond acceptors (Lipinski definition) is 3. The molecule has 0 bridgehead atoms. The first-order valence-corrected chi connectivity index (χ1v) is 5.58. The summed E-state index contributed by atoms with van der Waals surface area (Å²) in [6, 6.07) is 0.306. The molecule has 3 heteroatoms. The summed E-state index contributed by atoms with van der Waals surface area (Å²) in [4.78, 5) is 10.9. The van der Waals surface area contributed by atoms with E-state index in [-0.39, 0.29) is 5.97 Å². The lowest BCUT2D eigenvalue weighted by Gasteiger charge is -2.04. The molecule has 1 atom stereocenters. The number of nitrogens with two attached hydrogens (primary N) is 1. The molecule has 2 N–H and O–H groups in total. The van der Waals surface area contributed by atoms with Crippen LogP contribution in [-0.2, 0) is 9.53 Å². The molecule has 0 aromatic carbocycles. The number of carbonyl (C=O) groups is 1. The molecule has 1 unspecified atom stereocenters. The van der Waals surface area contributed by atoms with Crippen molar-refractivity contribution in [2.75, 3.05) is 6.61 Å². The van der Waals surface area contributed by atoms with E-state index >= 15 is 0 Å². The van der Waals surface area contributed by atoms with Crippen molar-refractivity contribution >= 4 is 5.97 Å². The quantitative estimate of drug-likeness (QED) is 0.484. The van der Waals surface area contributed by atoms with Gasteiger partial charge in [0.1, 0.15) is 0 Å². The van der Waals surface area contributed by atoms with E-state index in [2.05, 4.69) is 0 Å². The normalized spacial score (nSPS) is 12.5. The van der Waals surface area contributed by atoms with Crippen molar-refractivity contribution in [2.45, 2.75) is 58.4 Å². The van der Waals surface area contributed by atoms with Gasteiger partial charge in [-0.25, -0.2) is 0 Å². The molecular weight excluding hydrogens is 178 g/mol. The van der Waals surface area contributed by atoms with Crippen LogP contribution in [-0.4, -0.2) is 18.6 Å². The molecule has 14 heavy (non-hydrogen) atoms. The number of hydrogen-bond donors (Lipinski definition) is 1. The predicted octanol–water partition coefficient (Wildman–Crippen LogP) is 2.24. The molecule has 0 aliphatic heterocycles. The molecule has 0 spiro atoms. The Morgan fingerprint density at radius 2 is 1.93 bits per heavy atom. The summed E-state index contributed by atoms with van der Waals surface area (Å²) in [7, 11) is 0. The van der Waals surface area contributed by atoms with Crippen molar-refractivity contribution < 1.29 is 9.53 Å². The van der Waals surface area contributed by atoms with Gasteiger partial charge in [-0.05, 0) is 26.7 Å². The Labute approximate surface area is 87.0 Å². The highest BCUT2D eigenvalue weighted by atomic mass is 16.5. The standard InChI is InChI=1S/C11H23NO2/c1-3-14-11(13)9-7-5-4-6-8-10(2)12/h10H,3-9,12H2,1-2H3. The van der Waals surface area contributed by atoms with Gasteiger partial charge in [0.15, 0.2) is 0 Å². The SMILES string of the molecule is CCOC(=O)CCCCCCC(C)N. The van der Waals surface area contributed by atoms with E-state index in [4.69, 9.17) is 10.5 Å². The Hall–Kier alpha value is -0.570. The van der Waals surface area contributed by atoms with Gasteiger partial charge in [0.05, 0.1) is 6.61 Å². The minimum atomic E-state index is -0.0697. The van der Waals surface area contributed by atoms with Crippen molar-refractivity contribution in [3.8, 4) is 0 Å². The zero-order valence-corrected chi connectivity index (χ0v) is 9.42. The summed E-state index contributed by atoms with van der Waals surface area (Å²) >= 11 is 0. The van der Waals surface area contributed by atoms with E-state index in [1.165, 1.54) is 12.8 Å². The lowest BCUT2D eigenvalue weighted by atomic mass is 10.1. The first kappa shape index (κ1) is 13.4. The summed E-state index contributed by atoms with van der Waals surface area (Å²) in [5, 5.41) is 0. The molecule has 0 amide bonds. The van der Waals surface area contributed by atoms with Crippen molar-refractivity contribution in [3.63, 3.8) is 0 Å². The lowest BCUT2D eigenvalue weighted by Crippen LogP contribution is -2.13. The molecule has 0 aromatic rings. The van der Waals surface area contributed by atoms with Crippen LogP contribution in [0.4, 0.5) is 0 Å². The highest BCUT2D eigenvalue weighted by Crippen LogP contribution is 2.07. The van der Waals surface area contributed by atoms with Crippen LogP contribution < -0.4 is 5.73 Å². The van der Waals surface area contributed by atoms with Crippen molar-refractivity contribution in [2.24, 2.45) is 5.73 Å². The zero-order chi connectivity index (χ0) is 10.8. The van der Waals surface area contributed by atoms with Crippen molar-refractivity contribution in [1.29, 1.82) is 0 Å². The third-order valence-corrected chi connectivity index (χ3v) is 2.10. The van der Waals surface area contributed by atoms with Gasteiger partial charge in [0.25, 0.3) is 0 Å². The maximum Gasteiger partial charge on any atom is 0.305 e. The number of unbranched alkanes of at least 4 members (excludes halogenated alkanes) is 3. The Morgan fingerprint density at radius 1 is 1.29 bits per heavy atom. The molecule has 3 nitrogen and oxygen atoms in total. The van der Waals surface area contributed by atoms with Gasteiger partial charge < -0.3 is 10.5 Å². The van der Waals surface area contributed by atoms with Gasteiger partial charge in [0, 0.05) is 12.5 Å². The van der Waals surface area contributed by atoms with E-state index in [1.807, 2.05) is 13.8 Å². The fraction of sp³-hybridized carbons (Fsp3) is 0.909. The minimum Gasteiger partial charge on any atom is -0.466 e. The number of ether oxygens (including phenoxy) is 1. The maximum absolute atomic E-state index is 10.9. The molecule has 0 aliphatic carbocycles. The number of rotatable bonds is 8. The molecule has 0 saturated heterocycles. The first-order chi connectivity index (χ1) is 6.66. The first-order valence-electron chi connectivity index (χ1n) is 5.58. The van der Waals surface area contributed by atoms with Crippen LogP contribution in [0, 0.1) is 0 Å². The van der Waals surface area contributed by atoms with Gasteiger partial charge in [-0.1, -0.05) is 19.3 Å². The summed E-state index contributed by atoms with van der Waals surface area (Å²) in [5.74, 6) is -0.0697. The van der Waals surface area contributed by atoms with Gasteiger partial charge >= 0.3 is 5.97 Å². The van der Waals surface area contributed by atoms with E-state index in [0.717, 1.165) is 19.3 Å². The summed E-state index contributed by atoms with van der Waals surface area (Å²) in [6.45, 7) is 4.35. The van der Waals surface area contributed by atoms with Crippen LogP contribution in [0.15, 0.2) is 0 Å². The summed E-state index contributed by atoms with van der Waals surface area (Å²) in [5.41, 5.74) is 5.62. The second kappa shape index (κ2) is 9.00. The van der Waals surface area contributed by atoms with Crippen LogP contribution in [0.25, 0.3) is 0 Å². The zero-order valence-electron chi connectivity index (χ0n) is 9.42. The summed E-state index contributed by atoms with van der Waals surface area (Å²) < 4.78 is 4.83. The second-order valence-corrected chi connectivity index (χ2v) is 3.74. The molecule has 0 aromatic heterocycles. The predicted molar refractivity (Wildman–Crippen MR) is 58.0 cm³/mol. The minimum absolute atomic E-state index is 0.0697. The van der Waals surface area contributed by atoms with Gasteiger partial charge in [-0.3, -0.25) is 4.79 Å². The van der Waals surface area contributed by atoms with Gasteiger partial charge in [-0.15, -0.1) is 0 Å². The molecule has 84 valence electrons. The van der Waals surface area contributed by atoms with Crippen molar-refractivity contribution in [3.05, 3.63) is 0 Å². The van der Waals surface area contributed by atoms with Crippen LogP contribution in [0.3, 0.4) is 0 Å². The highest BCUT2D eigenvalue weighted by Gasteiger charge is 2.00. The fourth-order valence-electron chi connectivity index (χ4n) is 1.32. The number of esters is 1. The van der Waals surface area contributed by atoms with Gasteiger partial charge in [0.2, 0.25) is 0 Å². The summed E-state index contributed by atoms with van der Waals surface area (Å²) in [6.07, 6.45) is 6.02. The second-order valence-electron chi connectivity index (χ2n) is 3.74. The Morgan fingerprint density at radius 3 is 2.50 bits per heavy atom. The molecule has 0 aliphatic rings. The topological polar surface area (TPSA) is 52.3 Å². The van der Waals surface area contributed by atoms with E-state index in [9.17, 15) is 4.79 Å². The molecule has 0 fully saturated rings. The largest absolute Gasteiger partial charge is 0.466 e. The highest BCUT2D eigenvalue weighted by molar-refractivity contribution is 5.69. The smallest absolute Gasteiger partial charge is 0.305 e. The van der Waals surface area contributed by atoms with Crippen LogP contribution in [0.1, 0.15) is 52.4 Å². The Balaban J connectivity index is 3.09. The maximum atomic E-state index is 10.9. The monoisotopic (exact) mass is 201 g/mol. The Kier molecular flexibility index (Phi) is 8.64. The average molecular weight is 201 g/mol. The van der Waals surface area contributed by atoms with E-state index < -0.39 is 0 Å². The van der Waals surface area contributed by atoms with Crippen LogP contribution in [0.2, 0.25) is 0 Å². The van der Waals surface area contributed by atoms with E-state index in [1.54, 1.807) is 0 Å². The average Bonchev–Trinajstić information content (AvgIpc) is 2.11. The molecular formula is C11H23NO2. The third kappa shape index (κ3) is 9.52. The van der Waals surface area contributed by atoms with E-state index in [0.29, 0.717) is 19.1 Å². The fourth-order valence-corrected chi connectivity index (χ4v) is 1.32. The molecule has 0 rings (SSSR count). The Bertz CT molecular complexity index is 146. The van der Waals surface area contributed by atoms with Crippen LogP contribution >= 0.6 is 0 Å². The molecule has 0 radical (unpaired) electrons.